The van der Waals surface area contributed by atoms with Crippen LogP contribution in [0.2, 0.25) is 0 Å². The predicted octanol–water partition coefficient (Wildman–Crippen LogP) is 1.16. The molecular formula is C11H20N2O. The molecular weight excluding hydrogens is 176 g/mol. The summed E-state index contributed by atoms with van der Waals surface area (Å²) in [5.41, 5.74) is 0.809. The summed E-state index contributed by atoms with van der Waals surface area (Å²) in [5.74, 6) is 0.0852. The highest BCUT2D eigenvalue weighted by molar-refractivity contribution is 5.92. The molecule has 0 aromatic rings. The molecule has 0 aromatic carbocycles. The van der Waals surface area contributed by atoms with Gasteiger partial charge in [-0.2, -0.15) is 0 Å². The van der Waals surface area contributed by atoms with Crippen LogP contribution in [0.1, 0.15) is 26.7 Å². The fourth-order valence-corrected chi connectivity index (χ4v) is 1.58. The zero-order valence-corrected chi connectivity index (χ0v) is 9.34. The van der Waals surface area contributed by atoms with Crippen LogP contribution in [-0.2, 0) is 4.79 Å². The molecule has 1 saturated heterocycles. The van der Waals surface area contributed by atoms with E-state index in [4.69, 9.17) is 0 Å². The van der Waals surface area contributed by atoms with E-state index in [1.54, 1.807) is 0 Å². The Morgan fingerprint density at radius 3 is 2.50 bits per heavy atom. The normalized spacial score (nSPS) is 20.9. The van der Waals surface area contributed by atoms with Crippen molar-refractivity contribution >= 4 is 5.91 Å². The van der Waals surface area contributed by atoms with E-state index in [9.17, 15) is 4.79 Å². The summed E-state index contributed by atoms with van der Waals surface area (Å²) in [6.45, 7) is 5.91. The Labute approximate surface area is 86.2 Å². The van der Waals surface area contributed by atoms with Gasteiger partial charge in [-0.05, 0) is 46.8 Å². The first-order valence-corrected chi connectivity index (χ1v) is 5.25. The molecule has 0 unspecified atom stereocenters. The number of hydrogen-bond donors (Lipinski definition) is 1. The molecule has 0 radical (unpaired) electrons. The maximum Gasteiger partial charge on any atom is 0.246 e. The summed E-state index contributed by atoms with van der Waals surface area (Å²) in [7, 11) is 2.12. The number of carbonyl (C=O) groups excluding carboxylic acids is 1. The van der Waals surface area contributed by atoms with Crippen LogP contribution in [0.4, 0.5) is 0 Å². The fourth-order valence-electron chi connectivity index (χ4n) is 1.58. The molecule has 1 amide bonds. The van der Waals surface area contributed by atoms with Gasteiger partial charge >= 0.3 is 0 Å². The zero-order valence-electron chi connectivity index (χ0n) is 9.34. The van der Waals surface area contributed by atoms with E-state index >= 15 is 0 Å². The van der Waals surface area contributed by atoms with Gasteiger partial charge in [0.25, 0.3) is 0 Å². The molecule has 3 nitrogen and oxygen atoms in total. The van der Waals surface area contributed by atoms with Crippen molar-refractivity contribution in [3.63, 3.8) is 0 Å². The monoisotopic (exact) mass is 196 g/mol. The van der Waals surface area contributed by atoms with Crippen LogP contribution in [0.3, 0.4) is 0 Å². The summed E-state index contributed by atoms with van der Waals surface area (Å²) in [4.78, 5) is 13.8. The molecule has 0 aromatic heterocycles. The van der Waals surface area contributed by atoms with Crippen molar-refractivity contribution in [2.24, 2.45) is 0 Å². The lowest BCUT2D eigenvalue weighted by molar-refractivity contribution is -0.118. The van der Waals surface area contributed by atoms with Gasteiger partial charge in [-0.1, -0.05) is 6.08 Å². The number of carbonyl (C=O) groups is 1. The Morgan fingerprint density at radius 1 is 1.43 bits per heavy atom. The molecule has 14 heavy (non-hydrogen) atoms. The molecule has 80 valence electrons. The molecule has 0 saturated carbocycles. The van der Waals surface area contributed by atoms with Crippen LogP contribution in [0.5, 0.6) is 0 Å². The van der Waals surface area contributed by atoms with Crippen LogP contribution < -0.4 is 5.32 Å². The average molecular weight is 196 g/mol. The Balaban J connectivity index is 2.35. The van der Waals surface area contributed by atoms with Gasteiger partial charge in [0.1, 0.15) is 0 Å². The summed E-state index contributed by atoms with van der Waals surface area (Å²) in [6, 6.07) is 0.369. The summed E-state index contributed by atoms with van der Waals surface area (Å²) in [6.07, 6.45) is 3.99. The van der Waals surface area contributed by atoms with Gasteiger partial charge in [0.05, 0.1) is 0 Å². The van der Waals surface area contributed by atoms with Gasteiger partial charge < -0.3 is 10.2 Å². The largest absolute Gasteiger partial charge is 0.350 e. The zero-order chi connectivity index (χ0) is 10.6. The third kappa shape index (κ3) is 3.14. The van der Waals surface area contributed by atoms with Gasteiger partial charge in [0.15, 0.2) is 0 Å². The minimum absolute atomic E-state index is 0.0852. The van der Waals surface area contributed by atoms with Gasteiger partial charge in [0, 0.05) is 11.6 Å². The van der Waals surface area contributed by atoms with E-state index < -0.39 is 0 Å². The van der Waals surface area contributed by atoms with E-state index in [0.717, 1.165) is 31.5 Å². The SMILES string of the molecule is C/C=C(/C)C(=O)NC1CCN(C)CC1. The van der Waals surface area contributed by atoms with Crippen LogP contribution in [0.25, 0.3) is 0 Å². The lowest BCUT2D eigenvalue weighted by atomic mass is 10.1. The Kier molecular flexibility index (Phi) is 4.14. The highest BCUT2D eigenvalue weighted by Crippen LogP contribution is 2.08. The maximum absolute atomic E-state index is 11.5. The molecule has 1 aliphatic heterocycles. The second-order valence-corrected chi connectivity index (χ2v) is 4.02. The van der Waals surface area contributed by atoms with Crippen LogP contribution >= 0.6 is 0 Å². The molecule has 0 bridgehead atoms. The maximum atomic E-state index is 11.5. The second-order valence-electron chi connectivity index (χ2n) is 4.02. The standard InChI is InChI=1S/C11H20N2O/c1-4-9(2)11(14)12-10-5-7-13(3)8-6-10/h4,10H,5-8H2,1-3H3,(H,12,14)/b9-4-. The lowest BCUT2D eigenvalue weighted by Gasteiger charge is -2.29. The van der Waals surface area contributed by atoms with Crippen LogP contribution in [0.15, 0.2) is 11.6 Å². The molecule has 0 aliphatic carbocycles. The number of rotatable bonds is 2. The lowest BCUT2D eigenvalue weighted by Crippen LogP contribution is -2.43. The van der Waals surface area contributed by atoms with E-state index in [1.165, 1.54) is 0 Å². The third-order valence-corrected chi connectivity index (χ3v) is 2.84. The number of likely N-dealkylation sites (tertiary alicyclic amines) is 1. The molecule has 3 heteroatoms. The topological polar surface area (TPSA) is 32.3 Å². The van der Waals surface area contributed by atoms with Crippen molar-refractivity contribution in [2.75, 3.05) is 20.1 Å². The average Bonchev–Trinajstić information content (AvgIpc) is 2.20. The molecule has 1 N–H and O–H groups in total. The quantitative estimate of drug-likeness (QED) is 0.672. The molecule has 0 spiro atoms. The second kappa shape index (κ2) is 5.15. The highest BCUT2D eigenvalue weighted by Gasteiger charge is 2.18. The van der Waals surface area contributed by atoms with Crippen molar-refractivity contribution in [2.45, 2.75) is 32.7 Å². The van der Waals surface area contributed by atoms with Gasteiger partial charge in [0.2, 0.25) is 5.91 Å². The highest BCUT2D eigenvalue weighted by atomic mass is 16.1. The number of allylic oxidation sites excluding steroid dienone is 1. The number of nitrogens with zero attached hydrogens (tertiary/aromatic N) is 1. The van der Waals surface area contributed by atoms with Crippen molar-refractivity contribution < 1.29 is 4.79 Å². The Bertz CT molecular complexity index is 227. The molecule has 1 fully saturated rings. The van der Waals surface area contributed by atoms with Crippen molar-refractivity contribution in [3.05, 3.63) is 11.6 Å². The molecule has 1 aliphatic rings. The van der Waals surface area contributed by atoms with Gasteiger partial charge in [-0.15, -0.1) is 0 Å². The van der Waals surface area contributed by atoms with E-state index in [1.807, 2.05) is 19.9 Å². The number of nitrogens with one attached hydrogen (secondary N) is 1. The molecule has 1 heterocycles. The summed E-state index contributed by atoms with van der Waals surface area (Å²) >= 11 is 0. The van der Waals surface area contributed by atoms with Gasteiger partial charge in [-0.3, -0.25) is 4.79 Å². The molecule has 0 atom stereocenters. The first-order valence-electron chi connectivity index (χ1n) is 5.25. The number of amides is 1. The van der Waals surface area contributed by atoms with Crippen LogP contribution in [0, 0.1) is 0 Å². The van der Waals surface area contributed by atoms with E-state index in [-0.39, 0.29) is 5.91 Å². The minimum atomic E-state index is 0.0852. The number of hydrogen-bond acceptors (Lipinski definition) is 2. The predicted molar refractivity (Wildman–Crippen MR) is 58.1 cm³/mol. The van der Waals surface area contributed by atoms with Gasteiger partial charge in [-0.25, -0.2) is 0 Å². The first kappa shape index (κ1) is 11.2. The summed E-state index contributed by atoms with van der Waals surface area (Å²) in [5, 5.41) is 3.06. The van der Waals surface area contributed by atoms with Crippen molar-refractivity contribution in [1.82, 2.24) is 10.2 Å². The van der Waals surface area contributed by atoms with E-state index in [2.05, 4.69) is 17.3 Å². The molecule has 1 rings (SSSR count). The summed E-state index contributed by atoms with van der Waals surface area (Å²) < 4.78 is 0. The Hall–Kier alpha value is -0.830. The third-order valence-electron chi connectivity index (χ3n) is 2.84. The minimum Gasteiger partial charge on any atom is -0.350 e. The van der Waals surface area contributed by atoms with E-state index in [0.29, 0.717) is 6.04 Å². The first-order chi connectivity index (χ1) is 6.63. The van der Waals surface area contributed by atoms with Crippen molar-refractivity contribution in [3.8, 4) is 0 Å². The van der Waals surface area contributed by atoms with Crippen LogP contribution in [-0.4, -0.2) is 37.0 Å². The Morgan fingerprint density at radius 2 is 2.00 bits per heavy atom. The number of piperidine rings is 1. The fraction of sp³-hybridized carbons (Fsp3) is 0.727. The van der Waals surface area contributed by atoms with Crippen molar-refractivity contribution in [1.29, 1.82) is 0 Å². The smallest absolute Gasteiger partial charge is 0.246 e.